The van der Waals surface area contributed by atoms with E-state index in [0.717, 1.165) is 12.8 Å². The highest BCUT2D eigenvalue weighted by Crippen LogP contribution is 2.27. The fraction of sp³-hybridized carbons (Fsp3) is 0.875. The first-order valence-electron chi connectivity index (χ1n) is 4.13. The molecule has 3 heteroatoms. The third-order valence-corrected chi connectivity index (χ3v) is 3.29. The first kappa shape index (κ1) is 9.07. The Morgan fingerprint density at radius 1 is 1.45 bits per heavy atom. The van der Waals surface area contributed by atoms with Crippen LogP contribution < -0.4 is 5.73 Å². The predicted molar refractivity (Wildman–Crippen MR) is 48.5 cm³/mol. The topological polar surface area (TPSA) is 43.1 Å². The molecule has 2 N–H and O–H groups in total. The average Bonchev–Trinajstić information content (AvgIpc) is 1.93. The van der Waals surface area contributed by atoms with E-state index in [1.807, 2.05) is 0 Å². The van der Waals surface area contributed by atoms with Gasteiger partial charge in [-0.25, -0.2) is 0 Å². The molecule has 1 rings (SSSR count). The lowest BCUT2D eigenvalue weighted by molar-refractivity contribution is -0.109. The summed E-state index contributed by atoms with van der Waals surface area (Å²) in [5.41, 5.74) is 5.85. The first-order chi connectivity index (χ1) is 5.20. The van der Waals surface area contributed by atoms with Crippen molar-refractivity contribution in [2.75, 3.05) is 0 Å². The standard InChI is InChI=1S/C8H15NOS/c1-6(10)11-8-5-3-2-4-7(8)9/h7-8H,2-5,9H2,1H3/t7-,8-/m1/s1. The van der Waals surface area contributed by atoms with Crippen LogP contribution in [0.3, 0.4) is 0 Å². The van der Waals surface area contributed by atoms with Gasteiger partial charge < -0.3 is 5.73 Å². The Labute approximate surface area is 71.9 Å². The van der Waals surface area contributed by atoms with E-state index in [0.29, 0.717) is 5.25 Å². The van der Waals surface area contributed by atoms with E-state index in [4.69, 9.17) is 5.73 Å². The highest BCUT2D eigenvalue weighted by Gasteiger charge is 2.23. The number of hydrogen-bond acceptors (Lipinski definition) is 3. The van der Waals surface area contributed by atoms with E-state index in [9.17, 15) is 4.79 Å². The monoisotopic (exact) mass is 173 g/mol. The van der Waals surface area contributed by atoms with Crippen LogP contribution in [0.2, 0.25) is 0 Å². The molecule has 0 spiro atoms. The summed E-state index contributed by atoms with van der Waals surface area (Å²) in [4.78, 5) is 10.8. The van der Waals surface area contributed by atoms with Gasteiger partial charge in [0.15, 0.2) is 5.12 Å². The van der Waals surface area contributed by atoms with Crippen LogP contribution in [-0.2, 0) is 4.79 Å². The maximum Gasteiger partial charge on any atom is 0.186 e. The van der Waals surface area contributed by atoms with Gasteiger partial charge in [0.2, 0.25) is 0 Å². The van der Waals surface area contributed by atoms with Crippen LogP contribution in [0.4, 0.5) is 0 Å². The summed E-state index contributed by atoms with van der Waals surface area (Å²) in [5.74, 6) is 0. The second kappa shape index (κ2) is 4.12. The molecule has 0 unspecified atom stereocenters. The molecule has 0 aromatic heterocycles. The van der Waals surface area contributed by atoms with E-state index in [1.54, 1.807) is 6.92 Å². The normalized spacial score (nSPS) is 31.8. The molecule has 2 nitrogen and oxygen atoms in total. The maximum absolute atomic E-state index is 10.8. The van der Waals surface area contributed by atoms with Crippen molar-refractivity contribution in [3.63, 3.8) is 0 Å². The van der Waals surface area contributed by atoms with E-state index in [1.165, 1.54) is 24.6 Å². The highest BCUT2D eigenvalue weighted by atomic mass is 32.2. The second-order valence-electron chi connectivity index (χ2n) is 3.10. The van der Waals surface area contributed by atoms with Crippen molar-refractivity contribution in [3.8, 4) is 0 Å². The zero-order valence-electron chi connectivity index (χ0n) is 6.88. The number of rotatable bonds is 1. The Morgan fingerprint density at radius 3 is 2.64 bits per heavy atom. The fourth-order valence-corrected chi connectivity index (χ4v) is 2.51. The van der Waals surface area contributed by atoms with Crippen LogP contribution in [-0.4, -0.2) is 16.4 Å². The molecule has 0 heterocycles. The summed E-state index contributed by atoms with van der Waals surface area (Å²) in [6.07, 6.45) is 4.67. The molecule has 0 aromatic rings. The Bertz CT molecular complexity index is 149. The van der Waals surface area contributed by atoms with Crippen molar-refractivity contribution >= 4 is 16.9 Å². The van der Waals surface area contributed by atoms with Gasteiger partial charge in [-0.05, 0) is 12.8 Å². The number of carbonyl (C=O) groups is 1. The van der Waals surface area contributed by atoms with Gasteiger partial charge in [-0.15, -0.1) is 0 Å². The lowest BCUT2D eigenvalue weighted by Gasteiger charge is -2.26. The summed E-state index contributed by atoms with van der Waals surface area (Å²) >= 11 is 1.42. The molecule has 11 heavy (non-hydrogen) atoms. The van der Waals surface area contributed by atoms with Crippen LogP contribution in [0.5, 0.6) is 0 Å². The minimum atomic E-state index is 0.201. The van der Waals surface area contributed by atoms with Crippen molar-refractivity contribution in [1.82, 2.24) is 0 Å². The number of hydrogen-bond donors (Lipinski definition) is 1. The van der Waals surface area contributed by atoms with Crippen molar-refractivity contribution in [3.05, 3.63) is 0 Å². The molecule has 2 atom stereocenters. The lowest BCUT2D eigenvalue weighted by atomic mass is 9.96. The Morgan fingerprint density at radius 2 is 2.09 bits per heavy atom. The van der Waals surface area contributed by atoms with Crippen LogP contribution in [0.1, 0.15) is 32.6 Å². The van der Waals surface area contributed by atoms with Crippen molar-refractivity contribution in [1.29, 1.82) is 0 Å². The molecule has 0 amide bonds. The van der Waals surface area contributed by atoms with Crippen LogP contribution >= 0.6 is 11.8 Å². The molecular weight excluding hydrogens is 158 g/mol. The van der Waals surface area contributed by atoms with Crippen LogP contribution in [0.15, 0.2) is 0 Å². The van der Waals surface area contributed by atoms with Gasteiger partial charge in [-0.1, -0.05) is 24.6 Å². The first-order valence-corrected chi connectivity index (χ1v) is 5.01. The molecule has 64 valence electrons. The molecule has 1 saturated carbocycles. The van der Waals surface area contributed by atoms with Gasteiger partial charge in [0.25, 0.3) is 0 Å². The summed E-state index contributed by atoms with van der Waals surface area (Å²) in [5, 5.41) is 0.591. The second-order valence-corrected chi connectivity index (χ2v) is 4.51. The number of nitrogens with two attached hydrogens (primary N) is 1. The molecule has 1 fully saturated rings. The van der Waals surface area contributed by atoms with Crippen molar-refractivity contribution in [2.45, 2.75) is 43.9 Å². The third-order valence-electron chi connectivity index (χ3n) is 2.07. The van der Waals surface area contributed by atoms with Gasteiger partial charge in [-0.3, -0.25) is 4.79 Å². The van der Waals surface area contributed by atoms with E-state index in [2.05, 4.69) is 0 Å². The SMILES string of the molecule is CC(=O)S[C@@H]1CCCC[C@H]1N. The quantitative estimate of drug-likeness (QED) is 0.654. The summed E-state index contributed by atoms with van der Waals surface area (Å²) in [6, 6.07) is 0.248. The Kier molecular flexibility index (Phi) is 3.40. The van der Waals surface area contributed by atoms with Crippen molar-refractivity contribution < 1.29 is 4.79 Å². The predicted octanol–water partition coefficient (Wildman–Crippen LogP) is 1.54. The molecule has 0 saturated heterocycles. The van der Waals surface area contributed by atoms with Crippen LogP contribution in [0.25, 0.3) is 0 Å². The summed E-state index contributed by atoms with van der Waals surface area (Å²) < 4.78 is 0. The molecule has 1 aliphatic rings. The lowest BCUT2D eigenvalue weighted by Crippen LogP contribution is -2.35. The zero-order valence-corrected chi connectivity index (χ0v) is 7.69. The van der Waals surface area contributed by atoms with E-state index < -0.39 is 0 Å². The smallest absolute Gasteiger partial charge is 0.186 e. The van der Waals surface area contributed by atoms with E-state index in [-0.39, 0.29) is 11.2 Å². The van der Waals surface area contributed by atoms with Crippen LogP contribution in [0, 0.1) is 0 Å². The molecule has 0 bridgehead atoms. The molecule has 0 aliphatic heterocycles. The minimum absolute atomic E-state index is 0.201. The fourth-order valence-electron chi connectivity index (χ4n) is 1.49. The highest BCUT2D eigenvalue weighted by molar-refractivity contribution is 8.14. The summed E-state index contributed by atoms with van der Waals surface area (Å²) in [7, 11) is 0. The van der Waals surface area contributed by atoms with E-state index >= 15 is 0 Å². The van der Waals surface area contributed by atoms with Gasteiger partial charge in [-0.2, -0.15) is 0 Å². The van der Waals surface area contributed by atoms with Gasteiger partial charge in [0.05, 0.1) is 0 Å². The number of carbonyl (C=O) groups excluding carboxylic acids is 1. The Balaban J connectivity index is 2.35. The van der Waals surface area contributed by atoms with Gasteiger partial charge in [0.1, 0.15) is 0 Å². The molecule has 0 radical (unpaired) electrons. The molecule has 0 aromatic carbocycles. The minimum Gasteiger partial charge on any atom is -0.327 e. The molecule has 1 aliphatic carbocycles. The summed E-state index contributed by atoms with van der Waals surface area (Å²) in [6.45, 7) is 1.62. The van der Waals surface area contributed by atoms with Gasteiger partial charge >= 0.3 is 0 Å². The number of thioether (sulfide) groups is 1. The maximum atomic E-state index is 10.8. The third kappa shape index (κ3) is 2.83. The largest absolute Gasteiger partial charge is 0.327 e. The van der Waals surface area contributed by atoms with Gasteiger partial charge in [0, 0.05) is 18.2 Å². The zero-order chi connectivity index (χ0) is 8.27. The Hall–Kier alpha value is -0.0200. The average molecular weight is 173 g/mol. The molecular formula is C8H15NOS. The van der Waals surface area contributed by atoms with Crippen molar-refractivity contribution in [2.24, 2.45) is 5.73 Å².